The molecule has 2 heterocycles. The summed E-state index contributed by atoms with van der Waals surface area (Å²) in [7, 11) is 0. The molecule has 1 fully saturated rings. The van der Waals surface area contributed by atoms with Crippen LogP contribution in [0.3, 0.4) is 0 Å². The number of carbonyl (C=O) groups excluding carboxylic acids is 1. The first kappa shape index (κ1) is 15.1. The molecule has 0 saturated carbocycles. The minimum Gasteiger partial charge on any atom is -0.441 e. The maximum absolute atomic E-state index is 11.8. The van der Waals surface area contributed by atoms with Crippen LogP contribution in [0.4, 0.5) is 5.88 Å². The molecule has 0 unspecified atom stereocenters. The van der Waals surface area contributed by atoms with E-state index in [2.05, 4.69) is 10.2 Å². The van der Waals surface area contributed by atoms with E-state index in [9.17, 15) is 4.79 Å². The molecule has 6 nitrogen and oxygen atoms in total. The van der Waals surface area contributed by atoms with Crippen molar-refractivity contribution in [2.45, 2.75) is 19.9 Å². The number of carbonyl (C=O) groups is 1. The third kappa shape index (κ3) is 4.10. The normalized spacial score (nSPS) is 15.9. The van der Waals surface area contributed by atoms with Crippen molar-refractivity contribution in [2.24, 2.45) is 0 Å². The predicted octanol–water partition coefficient (Wildman–Crippen LogP) is 1.55. The van der Waals surface area contributed by atoms with E-state index in [1.807, 2.05) is 26.0 Å². The molecule has 1 aromatic heterocycles. The molecule has 2 rings (SSSR count). The Hall–Kier alpha value is -2.26. The number of anilines is 1. The van der Waals surface area contributed by atoms with Gasteiger partial charge in [0.25, 0.3) is 5.91 Å². The molecule has 1 saturated heterocycles. The second-order valence-electron chi connectivity index (χ2n) is 5.07. The van der Waals surface area contributed by atoms with Crippen molar-refractivity contribution in [3.8, 4) is 6.07 Å². The van der Waals surface area contributed by atoms with Gasteiger partial charge in [0.2, 0.25) is 0 Å². The van der Waals surface area contributed by atoms with Gasteiger partial charge in [-0.3, -0.25) is 4.79 Å². The first-order valence-electron chi connectivity index (χ1n) is 6.95. The molecule has 6 heteroatoms. The Labute approximate surface area is 124 Å². The Morgan fingerprint density at radius 2 is 2.14 bits per heavy atom. The van der Waals surface area contributed by atoms with Gasteiger partial charge >= 0.3 is 0 Å². The molecular formula is C15H19N3O3. The van der Waals surface area contributed by atoms with Gasteiger partial charge in [0.1, 0.15) is 17.4 Å². The van der Waals surface area contributed by atoms with Crippen LogP contribution < -0.4 is 10.2 Å². The molecule has 1 aromatic rings. The van der Waals surface area contributed by atoms with Gasteiger partial charge < -0.3 is 19.4 Å². The van der Waals surface area contributed by atoms with Gasteiger partial charge in [0, 0.05) is 31.3 Å². The zero-order valence-electron chi connectivity index (χ0n) is 12.3. The number of morpholine rings is 1. The van der Waals surface area contributed by atoms with Crippen LogP contribution in [0, 0.1) is 11.3 Å². The van der Waals surface area contributed by atoms with Crippen molar-refractivity contribution in [3.63, 3.8) is 0 Å². The molecule has 0 spiro atoms. The fourth-order valence-corrected chi connectivity index (χ4v) is 2.00. The van der Waals surface area contributed by atoms with E-state index >= 15 is 0 Å². The number of ether oxygens (including phenoxy) is 1. The highest BCUT2D eigenvalue weighted by molar-refractivity contribution is 6.01. The van der Waals surface area contributed by atoms with Crippen LogP contribution in [0.25, 0.3) is 6.08 Å². The number of nitriles is 1. The van der Waals surface area contributed by atoms with Crippen molar-refractivity contribution in [1.29, 1.82) is 5.26 Å². The van der Waals surface area contributed by atoms with E-state index in [4.69, 9.17) is 14.4 Å². The molecule has 1 aliphatic rings. The summed E-state index contributed by atoms with van der Waals surface area (Å²) in [4.78, 5) is 13.9. The number of nitrogens with zero attached hydrogens (tertiary/aromatic N) is 2. The average molecular weight is 289 g/mol. The quantitative estimate of drug-likeness (QED) is 0.672. The van der Waals surface area contributed by atoms with Gasteiger partial charge in [0.05, 0.1) is 13.2 Å². The second kappa shape index (κ2) is 6.95. The Balaban J connectivity index is 2.10. The van der Waals surface area contributed by atoms with E-state index in [-0.39, 0.29) is 11.6 Å². The van der Waals surface area contributed by atoms with Gasteiger partial charge in [-0.2, -0.15) is 5.26 Å². The first-order chi connectivity index (χ1) is 10.1. The van der Waals surface area contributed by atoms with E-state index < -0.39 is 5.91 Å². The first-order valence-corrected chi connectivity index (χ1v) is 6.95. The fraction of sp³-hybridized carbons (Fsp3) is 0.467. The van der Waals surface area contributed by atoms with Gasteiger partial charge in [-0.1, -0.05) is 0 Å². The fourth-order valence-electron chi connectivity index (χ4n) is 2.00. The van der Waals surface area contributed by atoms with Gasteiger partial charge in [-0.15, -0.1) is 0 Å². The molecular weight excluding hydrogens is 270 g/mol. The smallest absolute Gasteiger partial charge is 0.262 e. The standard InChI is InChI=1S/C15H19N3O3/c1-11(2)17-15(19)12(10-16)9-13-3-4-14(21-13)18-5-7-20-8-6-18/h3-4,9,11H,5-8H2,1-2H3,(H,17,19)/b12-9+. The van der Waals surface area contributed by atoms with E-state index in [1.54, 1.807) is 6.07 Å². The number of furan rings is 1. The van der Waals surface area contributed by atoms with Crippen molar-refractivity contribution < 1.29 is 13.9 Å². The van der Waals surface area contributed by atoms with Crippen LogP contribution in [-0.4, -0.2) is 38.3 Å². The zero-order valence-corrected chi connectivity index (χ0v) is 12.3. The van der Waals surface area contributed by atoms with Crippen molar-refractivity contribution in [1.82, 2.24) is 5.32 Å². The Bertz CT molecular complexity index is 563. The monoisotopic (exact) mass is 289 g/mol. The number of amides is 1. The molecule has 21 heavy (non-hydrogen) atoms. The molecule has 1 aliphatic heterocycles. The lowest BCUT2D eigenvalue weighted by molar-refractivity contribution is -0.117. The summed E-state index contributed by atoms with van der Waals surface area (Å²) in [5.41, 5.74) is 0.0339. The van der Waals surface area contributed by atoms with Crippen LogP contribution in [-0.2, 0) is 9.53 Å². The lowest BCUT2D eigenvalue weighted by atomic mass is 10.2. The third-order valence-electron chi connectivity index (χ3n) is 3.01. The van der Waals surface area contributed by atoms with Gasteiger partial charge in [0.15, 0.2) is 5.88 Å². The predicted molar refractivity (Wildman–Crippen MR) is 78.6 cm³/mol. The Kier molecular flexibility index (Phi) is 5.01. The Morgan fingerprint density at radius 3 is 2.76 bits per heavy atom. The lowest BCUT2D eigenvalue weighted by Gasteiger charge is -2.26. The number of hydrogen-bond acceptors (Lipinski definition) is 5. The lowest BCUT2D eigenvalue weighted by Crippen LogP contribution is -2.35. The van der Waals surface area contributed by atoms with Crippen LogP contribution in [0.15, 0.2) is 22.1 Å². The summed E-state index contributed by atoms with van der Waals surface area (Å²) in [6.45, 7) is 6.58. The van der Waals surface area contributed by atoms with Crippen molar-refractivity contribution in [2.75, 3.05) is 31.2 Å². The van der Waals surface area contributed by atoms with Gasteiger partial charge in [-0.05, 0) is 19.9 Å². The summed E-state index contributed by atoms with van der Waals surface area (Å²) < 4.78 is 11.0. The molecule has 0 atom stereocenters. The van der Waals surface area contributed by atoms with Gasteiger partial charge in [-0.25, -0.2) is 0 Å². The Morgan fingerprint density at radius 1 is 1.43 bits per heavy atom. The SMILES string of the molecule is CC(C)NC(=O)/C(C#N)=C/c1ccc(N2CCOCC2)o1. The number of nitrogens with one attached hydrogen (secondary N) is 1. The molecule has 0 aliphatic carbocycles. The third-order valence-corrected chi connectivity index (χ3v) is 3.01. The van der Waals surface area contributed by atoms with Crippen LogP contribution in [0.1, 0.15) is 19.6 Å². The molecule has 1 N–H and O–H groups in total. The summed E-state index contributed by atoms with van der Waals surface area (Å²) in [6.07, 6.45) is 1.46. The highest BCUT2D eigenvalue weighted by atomic mass is 16.5. The zero-order chi connectivity index (χ0) is 15.2. The molecule has 1 amide bonds. The second-order valence-corrected chi connectivity index (χ2v) is 5.07. The molecule has 0 aromatic carbocycles. The van der Waals surface area contributed by atoms with Crippen LogP contribution >= 0.6 is 0 Å². The largest absolute Gasteiger partial charge is 0.441 e. The molecule has 0 bridgehead atoms. The average Bonchev–Trinajstić information content (AvgIpc) is 2.93. The van der Waals surface area contributed by atoms with Crippen molar-refractivity contribution >= 4 is 17.9 Å². The highest BCUT2D eigenvalue weighted by Crippen LogP contribution is 2.21. The number of hydrogen-bond donors (Lipinski definition) is 1. The maximum Gasteiger partial charge on any atom is 0.262 e. The molecule has 112 valence electrons. The number of rotatable bonds is 4. The maximum atomic E-state index is 11.8. The highest BCUT2D eigenvalue weighted by Gasteiger charge is 2.15. The van der Waals surface area contributed by atoms with Crippen LogP contribution in [0.2, 0.25) is 0 Å². The van der Waals surface area contributed by atoms with Crippen LogP contribution in [0.5, 0.6) is 0 Å². The topological polar surface area (TPSA) is 78.5 Å². The summed E-state index contributed by atoms with van der Waals surface area (Å²) in [5, 5.41) is 11.8. The summed E-state index contributed by atoms with van der Waals surface area (Å²) in [5.74, 6) is 0.829. The minimum absolute atomic E-state index is 0.0187. The summed E-state index contributed by atoms with van der Waals surface area (Å²) >= 11 is 0. The van der Waals surface area contributed by atoms with E-state index in [0.29, 0.717) is 19.0 Å². The molecule has 0 radical (unpaired) electrons. The minimum atomic E-state index is -0.392. The summed E-state index contributed by atoms with van der Waals surface area (Å²) in [6, 6.07) is 5.48. The van der Waals surface area contributed by atoms with E-state index in [1.165, 1.54) is 6.08 Å². The van der Waals surface area contributed by atoms with E-state index in [0.717, 1.165) is 19.0 Å². The van der Waals surface area contributed by atoms with Crippen molar-refractivity contribution in [3.05, 3.63) is 23.5 Å².